The summed E-state index contributed by atoms with van der Waals surface area (Å²) in [5, 5.41) is 24.4. The van der Waals surface area contributed by atoms with Crippen LogP contribution in [0.2, 0.25) is 0 Å². The number of nitrogens with zero attached hydrogens (tertiary/aromatic N) is 15. The minimum atomic E-state index is -0.291. The topological polar surface area (TPSA) is 264 Å². The van der Waals surface area contributed by atoms with E-state index in [1.807, 2.05) is 169 Å². The number of halogens is 1. The van der Waals surface area contributed by atoms with Crippen molar-refractivity contribution in [3.63, 3.8) is 0 Å². The van der Waals surface area contributed by atoms with E-state index < -0.39 is 0 Å². The van der Waals surface area contributed by atoms with Crippen molar-refractivity contribution in [2.45, 2.75) is 80.4 Å². The number of nitrogens with two attached hydrogens (primary N) is 3. The number of fused-ring (bicyclic) bond motifs is 3. The van der Waals surface area contributed by atoms with Crippen molar-refractivity contribution >= 4 is 63.3 Å². The lowest BCUT2D eigenvalue weighted by Crippen LogP contribution is -2.41. The Morgan fingerprint density at radius 2 is 0.707 bits per heavy atom. The van der Waals surface area contributed by atoms with Gasteiger partial charge in [-0.25, -0.2) is 15.0 Å². The molecule has 412 valence electrons. The highest BCUT2D eigenvalue weighted by atomic mass is 79.9. The Morgan fingerprint density at radius 1 is 0.402 bits per heavy atom. The van der Waals surface area contributed by atoms with Gasteiger partial charge in [-0.3, -0.25) is 28.2 Å². The Kier molecular flexibility index (Phi) is 15.7. The van der Waals surface area contributed by atoms with Gasteiger partial charge in [-0.05, 0) is 138 Å². The molecule has 1 aliphatic heterocycles. The maximum absolute atomic E-state index is 6.11. The molecule has 0 bridgehead atoms. The lowest BCUT2D eigenvalue weighted by Gasteiger charge is -2.32. The van der Waals surface area contributed by atoms with E-state index in [-0.39, 0.29) is 18.3 Å². The molecule has 10 heterocycles. The number of nitrogen functional groups attached to an aromatic ring is 3. The number of hydrogen-bond acceptors (Lipinski definition) is 17. The molecule has 0 saturated carbocycles. The summed E-state index contributed by atoms with van der Waals surface area (Å²) in [5.74, 6) is 1.09. The third kappa shape index (κ3) is 11.6. The van der Waals surface area contributed by atoms with Gasteiger partial charge < -0.3 is 26.5 Å². The van der Waals surface area contributed by atoms with Crippen molar-refractivity contribution in [3.05, 3.63) is 185 Å². The van der Waals surface area contributed by atoms with Crippen LogP contribution in [0.4, 0.5) is 17.8 Å². The van der Waals surface area contributed by atoms with Crippen molar-refractivity contribution in [2.75, 3.05) is 17.2 Å². The highest BCUT2D eigenvalue weighted by Crippen LogP contribution is 2.39. The number of aromatic nitrogens is 15. The van der Waals surface area contributed by atoms with E-state index >= 15 is 0 Å². The highest BCUT2D eigenvalue weighted by molar-refractivity contribution is 9.10. The first-order chi connectivity index (χ1) is 39.2. The van der Waals surface area contributed by atoms with Crippen LogP contribution < -0.4 is 22.7 Å². The molecular formula is C60H60BBrN18O2. The summed E-state index contributed by atoms with van der Waals surface area (Å²) in [7, 11) is -0.291. The predicted octanol–water partition coefficient (Wildman–Crippen LogP) is 10.2. The maximum atomic E-state index is 6.11. The summed E-state index contributed by atoms with van der Waals surface area (Å²) in [6.07, 6.45) is 4.70. The number of hydrogen-bond donors (Lipinski definition) is 3. The molecule has 0 unspecified atom stereocenters. The molecule has 22 heteroatoms. The fourth-order valence-electron chi connectivity index (χ4n) is 9.55. The quantitative estimate of drug-likeness (QED) is 0.131. The molecule has 1 aliphatic rings. The van der Waals surface area contributed by atoms with Gasteiger partial charge in [-0.2, -0.15) is 0 Å². The van der Waals surface area contributed by atoms with Crippen molar-refractivity contribution in [3.8, 4) is 56.0 Å². The summed E-state index contributed by atoms with van der Waals surface area (Å²) >= 11 is 3.49. The Hall–Kier alpha value is -9.38. The molecule has 12 aromatic rings. The second-order valence-corrected chi connectivity index (χ2v) is 21.5. The molecule has 1 saturated heterocycles. The van der Waals surface area contributed by atoms with Gasteiger partial charge in [0.25, 0.3) is 0 Å². The van der Waals surface area contributed by atoms with Crippen LogP contribution in [-0.4, -0.2) is 92.0 Å². The third-order valence-corrected chi connectivity index (χ3v) is 14.6. The molecule has 13 rings (SSSR count). The zero-order valence-corrected chi connectivity index (χ0v) is 48.7. The summed E-state index contributed by atoms with van der Waals surface area (Å²) in [4.78, 5) is 26.9. The van der Waals surface area contributed by atoms with E-state index in [4.69, 9.17) is 26.5 Å². The molecule has 3 aromatic carbocycles. The van der Waals surface area contributed by atoms with Crippen molar-refractivity contribution in [1.82, 2.24) is 73.7 Å². The number of pyridine rings is 3. The standard InChI is InChI=1S/2C18H16N6.C13H20BNO2.C11H8BrN5/c2*1-11-8-14(9-12(2)21-11)15-16(13-6-4-3-5-7-13)22-18(19)24-10-20-23-17(15)24;1-9-7-11(8-10(2)15-9)14-16-12(3,4)13(5,6)17-14;12-8-9(7-4-2-1-3-5-7)15-11(13)17-6-14-16-10(8)17/h2*3-10H,1-2H3,(H2,19,22);7-8H,1-6H3;1-6H,(H2,13,15). The van der Waals surface area contributed by atoms with Gasteiger partial charge in [0, 0.05) is 50.9 Å². The van der Waals surface area contributed by atoms with Gasteiger partial charge >= 0.3 is 7.12 Å². The summed E-state index contributed by atoms with van der Waals surface area (Å²) in [6.45, 7) is 20.1. The predicted molar refractivity (Wildman–Crippen MR) is 324 cm³/mol. The van der Waals surface area contributed by atoms with Gasteiger partial charge in [-0.1, -0.05) is 91.0 Å². The van der Waals surface area contributed by atoms with Crippen LogP contribution in [0.3, 0.4) is 0 Å². The second-order valence-electron chi connectivity index (χ2n) is 20.7. The van der Waals surface area contributed by atoms with Crippen LogP contribution in [-0.2, 0) is 9.31 Å². The smallest absolute Gasteiger partial charge is 0.399 e. The fourth-order valence-corrected chi connectivity index (χ4v) is 10.1. The number of aryl methyl sites for hydroxylation is 6. The molecule has 0 atom stereocenters. The monoisotopic (exact) mass is 1150 g/mol. The van der Waals surface area contributed by atoms with E-state index in [0.717, 1.165) is 100 Å². The van der Waals surface area contributed by atoms with E-state index in [1.165, 1.54) is 6.33 Å². The zero-order valence-electron chi connectivity index (χ0n) is 47.1. The van der Waals surface area contributed by atoms with Crippen LogP contribution >= 0.6 is 15.9 Å². The summed E-state index contributed by atoms with van der Waals surface area (Å²) < 4.78 is 17.8. The highest BCUT2D eigenvalue weighted by Gasteiger charge is 2.51. The third-order valence-electron chi connectivity index (χ3n) is 13.9. The van der Waals surface area contributed by atoms with Crippen LogP contribution in [0, 0.1) is 41.5 Å². The SMILES string of the molecule is Cc1cc(-c2c(-c3ccccc3)nc(N)n3cnnc23)cc(C)n1.Cc1cc(-c2c(-c3ccccc3)nc(N)n3cnnc23)cc(C)n1.Cc1cc(B2OC(C)(C)C(C)(C)O2)cc(C)n1.Nc1nc(-c2ccccc2)c(Br)c2nncn12. The van der Waals surface area contributed by atoms with Crippen LogP contribution in [0.5, 0.6) is 0 Å². The van der Waals surface area contributed by atoms with Crippen molar-refractivity contribution < 1.29 is 9.31 Å². The first-order valence-electron chi connectivity index (χ1n) is 26.3. The molecule has 0 aliphatic carbocycles. The van der Waals surface area contributed by atoms with Gasteiger partial charge in [0.15, 0.2) is 16.9 Å². The molecular weight excluding hydrogens is 1100 g/mol. The zero-order chi connectivity index (χ0) is 58.0. The number of benzene rings is 3. The number of anilines is 3. The first kappa shape index (κ1) is 55.9. The molecule has 82 heavy (non-hydrogen) atoms. The lowest BCUT2D eigenvalue weighted by molar-refractivity contribution is 0.00578. The number of rotatable bonds is 6. The molecule has 0 amide bonds. The molecule has 0 spiro atoms. The Labute approximate surface area is 482 Å². The molecule has 20 nitrogen and oxygen atoms in total. The fraction of sp³-hybridized carbons (Fsp3) is 0.200. The van der Waals surface area contributed by atoms with Gasteiger partial charge in [0.05, 0.1) is 43.9 Å². The molecule has 0 radical (unpaired) electrons. The second kappa shape index (κ2) is 23.0. The average Bonchev–Trinajstić information content (AvgIpc) is 4.46. The van der Waals surface area contributed by atoms with Crippen LogP contribution in [0.25, 0.3) is 73.0 Å². The Morgan fingerprint density at radius 3 is 1.07 bits per heavy atom. The summed E-state index contributed by atoms with van der Waals surface area (Å²) in [5.41, 5.74) is 35.5. The van der Waals surface area contributed by atoms with Crippen molar-refractivity contribution in [1.29, 1.82) is 0 Å². The molecule has 6 N–H and O–H groups in total. The largest absolute Gasteiger partial charge is 0.494 e. The van der Waals surface area contributed by atoms with Crippen LogP contribution in [0.1, 0.15) is 61.9 Å². The molecule has 9 aromatic heterocycles. The van der Waals surface area contributed by atoms with Gasteiger partial charge in [0.1, 0.15) is 19.0 Å². The average molecular weight is 1160 g/mol. The van der Waals surface area contributed by atoms with Crippen LogP contribution in [0.15, 0.2) is 151 Å². The van der Waals surface area contributed by atoms with E-state index in [9.17, 15) is 0 Å². The normalized spacial score (nSPS) is 13.3. The van der Waals surface area contributed by atoms with E-state index in [0.29, 0.717) is 34.8 Å². The Balaban J connectivity index is 0.000000124. The first-order valence-corrected chi connectivity index (χ1v) is 27.1. The van der Waals surface area contributed by atoms with Gasteiger partial charge in [0.2, 0.25) is 17.8 Å². The van der Waals surface area contributed by atoms with Crippen molar-refractivity contribution in [2.24, 2.45) is 0 Å². The molecule has 1 fully saturated rings. The minimum Gasteiger partial charge on any atom is -0.399 e. The minimum absolute atomic E-state index is 0.289. The lowest BCUT2D eigenvalue weighted by atomic mass is 9.79. The maximum Gasteiger partial charge on any atom is 0.494 e. The van der Waals surface area contributed by atoms with Gasteiger partial charge in [-0.15, -0.1) is 30.6 Å². The Bertz CT molecular complexity index is 4020. The summed E-state index contributed by atoms with van der Waals surface area (Å²) in [6, 6.07) is 41.9. The van der Waals surface area contributed by atoms with E-state index in [2.05, 4.69) is 104 Å². The van der Waals surface area contributed by atoms with E-state index in [1.54, 1.807) is 25.9 Å².